The van der Waals surface area contributed by atoms with E-state index in [-0.39, 0.29) is 11.5 Å². The van der Waals surface area contributed by atoms with Gasteiger partial charge in [-0.15, -0.1) is 0 Å². The molecule has 0 unspecified atom stereocenters. The summed E-state index contributed by atoms with van der Waals surface area (Å²) in [4.78, 5) is 26.8. The molecule has 32 heavy (non-hydrogen) atoms. The highest BCUT2D eigenvalue weighted by atomic mass is 32.2. The van der Waals surface area contributed by atoms with Gasteiger partial charge in [0.15, 0.2) is 0 Å². The van der Waals surface area contributed by atoms with Crippen LogP contribution in [0.15, 0.2) is 101 Å². The van der Waals surface area contributed by atoms with Crippen LogP contribution in [0, 0.1) is 5.82 Å². The number of carbonyl (C=O) groups is 2. The summed E-state index contributed by atoms with van der Waals surface area (Å²) in [6.45, 7) is 0. The second kappa shape index (κ2) is 8.32. The topological polar surface area (TPSA) is 58.2 Å². The number of anilines is 2. The molecule has 6 heteroatoms. The Morgan fingerprint density at radius 3 is 2.31 bits per heavy atom. The number of nitrogens with one attached hydrogen (secondary N) is 2. The number of halogens is 1. The van der Waals surface area contributed by atoms with Crippen LogP contribution in [0.1, 0.15) is 20.7 Å². The Labute approximate surface area is 188 Å². The zero-order valence-electron chi connectivity index (χ0n) is 16.8. The number of fused-ring (bicyclic) bond motifs is 2. The fraction of sp³-hybridized carbons (Fsp3) is 0. The fourth-order valence-corrected chi connectivity index (χ4v) is 4.51. The Bertz CT molecular complexity index is 1340. The highest BCUT2D eigenvalue weighted by Gasteiger charge is 2.21. The third-order valence-electron chi connectivity index (χ3n) is 5.15. The van der Waals surface area contributed by atoms with E-state index in [1.54, 1.807) is 24.3 Å². The molecule has 0 radical (unpaired) electrons. The van der Waals surface area contributed by atoms with Crippen LogP contribution in [0.25, 0.3) is 11.1 Å². The normalized spacial score (nSPS) is 12.2. The second-order valence-electron chi connectivity index (χ2n) is 7.31. The van der Waals surface area contributed by atoms with Gasteiger partial charge in [0.25, 0.3) is 11.8 Å². The van der Waals surface area contributed by atoms with Crippen molar-refractivity contribution >= 4 is 35.0 Å². The van der Waals surface area contributed by atoms with Crippen molar-refractivity contribution in [2.24, 2.45) is 0 Å². The average molecular weight is 440 g/mol. The first-order valence-corrected chi connectivity index (χ1v) is 10.8. The lowest BCUT2D eigenvalue weighted by atomic mass is 10.1. The summed E-state index contributed by atoms with van der Waals surface area (Å²) in [5.41, 5.74) is 4.04. The minimum atomic E-state index is -0.469. The number of carbonyl (C=O) groups excluding carboxylic acids is 2. The smallest absolute Gasteiger partial charge is 0.256 e. The fourth-order valence-electron chi connectivity index (χ4n) is 3.51. The zero-order chi connectivity index (χ0) is 22.1. The van der Waals surface area contributed by atoms with Gasteiger partial charge in [0.1, 0.15) is 5.82 Å². The Kier molecular flexibility index (Phi) is 5.21. The van der Waals surface area contributed by atoms with Crippen molar-refractivity contribution in [2.45, 2.75) is 9.79 Å². The molecule has 0 bridgehead atoms. The Balaban J connectivity index is 1.35. The van der Waals surface area contributed by atoms with E-state index in [2.05, 4.69) is 10.6 Å². The quantitative estimate of drug-likeness (QED) is 0.384. The molecule has 1 heterocycles. The summed E-state index contributed by atoms with van der Waals surface area (Å²) in [5, 5.41) is 5.67. The lowest BCUT2D eigenvalue weighted by Gasteiger charge is -2.10. The van der Waals surface area contributed by atoms with Crippen molar-refractivity contribution in [3.05, 3.63) is 108 Å². The maximum Gasteiger partial charge on any atom is 0.256 e. The Morgan fingerprint density at radius 2 is 1.53 bits per heavy atom. The molecule has 0 fully saturated rings. The first-order valence-electron chi connectivity index (χ1n) is 9.96. The van der Waals surface area contributed by atoms with Crippen LogP contribution in [0.5, 0.6) is 0 Å². The minimum Gasteiger partial charge on any atom is -0.322 e. The van der Waals surface area contributed by atoms with E-state index in [1.807, 2.05) is 54.6 Å². The predicted octanol–water partition coefficient (Wildman–Crippen LogP) is 6.46. The lowest BCUT2D eigenvalue weighted by molar-refractivity contribution is 0.101. The van der Waals surface area contributed by atoms with Crippen molar-refractivity contribution in [1.82, 2.24) is 0 Å². The van der Waals surface area contributed by atoms with Crippen molar-refractivity contribution < 1.29 is 14.0 Å². The van der Waals surface area contributed by atoms with Gasteiger partial charge in [-0.25, -0.2) is 4.39 Å². The molecule has 156 valence electrons. The number of benzene rings is 4. The number of amides is 2. The van der Waals surface area contributed by atoms with E-state index < -0.39 is 11.7 Å². The third-order valence-corrected chi connectivity index (χ3v) is 6.30. The molecule has 1 aliphatic rings. The van der Waals surface area contributed by atoms with Crippen molar-refractivity contribution in [3.8, 4) is 11.1 Å². The first-order chi connectivity index (χ1) is 15.6. The van der Waals surface area contributed by atoms with Gasteiger partial charge in [-0.2, -0.15) is 0 Å². The molecule has 0 saturated heterocycles. The lowest BCUT2D eigenvalue weighted by Crippen LogP contribution is -2.14. The molecular weight excluding hydrogens is 423 g/mol. The van der Waals surface area contributed by atoms with E-state index in [1.165, 1.54) is 23.9 Å². The third kappa shape index (κ3) is 4.00. The van der Waals surface area contributed by atoms with Gasteiger partial charge in [-0.05, 0) is 59.7 Å². The minimum absolute atomic E-state index is 0.274. The van der Waals surface area contributed by atoms with Gasteiger partial charge in [-0.3, -0.25) is 9.59 Å². The first kappa shape index (κ1) is 20.0. The van der Waals surface area contributed by atoms with Crippen LogP contribution in [0.3, 0.4) is 0 Å². The molecule has 4 aromatic carbocycles. The molecule has 0 aromatic heterocycles. The van der Waals surface area contributed by atoms with Gasteiger partial charge < -0.3 is 10.6 Å². The number of hydrogen-bond acceptors (Lipinski definition) is 3. The highest BCUT2D eigenvalue weighted by Crippen LogP contribution is 2.39. The van der Waals surface area contributed by atoms with Gasteiger partial charge in [0.2, 0.25) is 0 Å². The molecule has 0 atom stereocenters. The summed E-state index contributed by atoms with van der Waals surface area (Å²) < 4.78 is 13.6. The van der Waals surface area contributed by atoms with E-state index in [0.29, 0.717) is 21.8 Å². The highest BCUT2D eigenvalue weighted by molar-refractivity contribution is 7.99. The molecule has 5 rings (SSSR count). The van der Waals surface area contributed by atoms with Crippen molar-refractivity contribution in [1.29, 1.82) is 0 Å². The molecule has 2 N–H and O–H groups in total. The maximum absolute atomic E-state index is 13.6. The summed E-state index contributed by atoms with van der Waals surface area (Å²) in [6.07, 6.45) is 0. The summed E-state index contributed by atoms with van der Waals surface area (Å²) >= 11 is 1.36. The van der Waals surface area contributed by atoms with Gasteiger partial charge in [0, 0.05) is 21.0 Å². The van der Waals surface area contributed by atoms with Crippen LogP contribution >= 0.6 is 11.8 Å². The van der Waals surface area contributed by atoms with Crippen LogP contribution in [0.2, 0.25) is 0 Å². The monoisotopic (exact) mass is 440 g/mol. The van der Waals surface area contributed by atoms with Gasteiger partial charge in [-0.1, -0.05) is 54.2 Å². The number of hydrogen-bond donors (Lipinski definition) is 2. The molecular formula is C26H17FN2O2S. The van der Waals surface area contributed by atoms with Crippen LogP contribution in [-0.4, -0.2) is 11.8 Å². The zero-order valence-corrected chi connectivity index (χ0v) is 17.6. The standard InChI is InChI=1S/C26H17FN2O2S/c27-19-9-13-23-21(15-19)26(31)29-22-14-18(8-12-24(22)32-23)25(30)28-20-10-6-17(7-11-20)16-4-2-1-3-5-16/h1-15H,(H,28,30)(H,29,31). The van der Waals surface area contributed by atoms with Crippen LogP contribution in [0.4, 0.5) is 15.8 Å². The summed E-state index contributed by atoms with van der Waals surface area (Å²) in [5.74, 6) is -1.16. The maximum atomic E-state index is 13.6. The summed E-state index contributed by atoms with van der Waals surface area (Å²) in [6, 6.07) is 26.9. The van der Waals surface area contributed by atoms with E-state index in [4.69, 9.17) is 0 Å². The molecule has 0 spiro atoms. The molecule has 4 nitrogen and oxygen atoms in total. The van der Waals surface area contributed by atoms with Crippen LogP contribution < -0.4 is 10.6 Å². The Hall–Kier alpha value is -3.90. The van der Waals surface area contributed by atoms with Gasteiger partial charge >= 0.3 is 0 Å². The molecule has 0 aliphatic carbocycles. The van der Waals surface area contributed by atoms with Crippen molar-refractivity contribution in [2.75, 3.05) is 10.6 Å². The molecule has 0 saturated carbocycles. The van der Waals surface area contributed by atoms with Gasteiger partial charge in [0.05, 0.1) is 11.3 Å². The number of rotatable bonds is 3. The molecule has 4 aromatic rings. The second-order valence-corrected chi connectivity index (χ2v) is 8.39. The summed E-state index contributed by atoms with van der Waals surface area (Å²) in [7, 11) is 0. The van der Waals surface area contributed by atoms with E-state index in [0.717, 1.165) is 16.0 Å². The SMILES string of the molecule is O=C(Nc1ccc(-c2ccccc2)cc1)c1ccc2c(c1)NC(=O)c1cc(F)ccc1S2. The predicted molar refractivity (Wildman–Crippen MR) is 125 cm³/mol. The average Bonchev–Trinajstić information content (AvgIpc) is 2.95. The molecule has 1 aliphatic heterocycles. The largest absolute Gasteiger partial charge is 0.322 e. The van der Waals surface area contributed by atoms with Crippen molar-refractivity contribution in [3.63, 3.8) is 0 Å². The molecule has 2 amide bonds. The van der Waals surface area contributed by atoms with Crippen LogP contribution in [-0.2, 0) is 0 Å². The van der Waals surface area contributed by atoms with E-state index >= 15 is 0 Å². The Morgan fingerprint density at radius 1 is 0.812 bits per heavy atom. The van der Waals surface area contributed by atoms with E-state index in [9.17, 15) is 14.0 Å².